The molecule has 1 unspecified atom stereocenters. The highest BCUT2D eigenvalue weighted by atomic mass is 35.5. The first-order valence-corrected chi connectivity index (χ1v) is 15.0. The van der Waals surface area contributed by atoms with Crippen LogP contribution in [0, 0.1) is 23.4 Å². The number of nitrogens with two attached hydrogens (primary N) is 1. The molecule has 3 aliphatic carbocycles. The summed E-state index contributed by atoms with van der Waals surface area (Å²) < 4.78 is 66.4. The lowest BCUT2D eigenvalue weighted by molar-refractivity contribution is -0.120. The maximum atomic E-state index is 16.1. The predicted octanol–water partition coefficient (Wildman–Crippen LogP) is 6.03. The highest BCUT2D eigenvalue weighted by Gasteiger charge is 2.53. The third-order valence-corrected chi connectivity index (χ3v) is 9.45. The Morgan fingerprint density at radius 3 is 2.47 bits per heavy atom. The van der Waals surface area contributed by atoms with E-state index in [0.29, 0.717) is 54.1 Å². The van der Waals surface area contributed by atoms with Crippen LogP contribution in [0.1, 0.15) is 66.1 Å². The molecule has 234 valence electrons. The summed E-state index contributed by atoms with van der Waals surface area (Å²) in [5.74, 6) is -5.74. The van der Waals surface area contributed by atoms with Gasteiger partial charge >= 0.3 is 0 Å². The van der Waals surface area contributed by atoms with Gasteiger partial charge in [0.1, 0.15) is 28.6 Å². The van der Waals surface area contributed by atoms with Crippen LogP contribution in [-0.4, -0.2) is 40.2 Å². The number of nitrogens with one attached hydrogen (secondary N) is 1. The second-order valence-corrected chi connectivity index (χ2v) is 12.6. The number of benzene rings is 2. The smallest absolute Gasteiger partial charge is 0.251 e. The molecule has 2 aromatic carbocycles. The predicted molar refractivity (Wildman–Crippen MR) is 157 cm³/mol. The summed E-state index contributed by atoms with van der Waals surface area (Å²) in [6.45, 7) is 0.0877. The lowest BCUT2D eigenvalue weighted by Crippen LogP contribution is -2.32. The number of hydrogen-bond donors (Lipinski definition) is 2. The quantitative estimate of drug-likeness (QED) is 0.162. The number of primary amides is 1. The van der Waals surface area contributed by atoms with Gasteiger partial charge in [-0.1, -0.05) is 11.6 Å². The maximum Gasteiger partial charge on any atom is 0.251 e. The number of carbonyl (C=O) groups is 2. The van der Waals surface area contributed by atoms with E-state index in [-0.39, 0.29) is 29.2 Å². The third kappa shape index (κ3) is 5.08. The van der Waals surface area contributed by atoms with Crippen LogP contribution in [0.3, 0.4) is 0 Å². The van der Waals surface area contributed by atoms with E-state index in [1.54, 1.807) is 12.3 Å². The summed E-state index contributed by atoms with van der Waals surface area (Å²) in [6, 6.07) is 6.12. The van der Waals surface area contributed by atoms with E-state index in [9.17, 15) is 22.8 Å². The van der Waals surface area contributed by atoms with Crippen molar-refractivity contribution in [3.8, 4) is 17.0 Å². The molecular formula is C32H28ClF4N5O3. The molecule has 3 saturated carbocycles. The van der Waals surface area contributed by atoms with Gasteiger partial charge in [-0.2, -0.15) is 5.10 Å². The van der Waals surface area contributed by atoms with Gasteiger partial charge in [0.2, 0.25) is 11.7 Å². The molecule has 8 nitrogen and oxygen atoms in total. The molecule has 2 aromatic heterocycles. The van der Waals surface area contributed by atoms with Gasteiger partial charge in [0.15, 0.2) is 5.82 Å². The van der Waals surface area contributed by atoms with Gasteiger partial charge < -0.3 is 15.8 Å². The summed E-state index contributed by atoms with van der Waals surface area (Å²) in [4.78, 5) is 30.4. The normalized spacial score (nSPS) is 18.4. The Morgan fingerprint density at radius 1 is 1.11 bits per heavy atom. The number of carbonyl (C=O) groups excluding carboxylic acids is 2. The molecule has 0 aliphatic heterocycles. The van der Waals surface area contributed by atoms with E-state index in [4.69, 9.17) is 22.1 Å². The average molecular weight is 642 g/mol. The lowest BCUT2D eigenvalue weighted by atomic mass is 9.89. The zero-order valence-electron chi connectivity index (χ0n) is 24.1. The van der Waals surface area contributed by atoms with Gasteiger partial charge in [-0.3, -0.25) is 9.59 Å². The van der Waals surface area contributed by atoms with E-state index in [2.05, 4.69) is 15.4 Å². The Kier molecular flexibility index (Phi) is 6.84. The molecule has 0 spiro atoms. The van der Waals surface area contributed by atoms with Crippen LogP contribution in [0.15, 0.2) is 36.5 Å². The summed E-state index contributed by atoms with van der Waals surface area (Å²) >= 11 is 5.92. The van der Waals surface area contributed by atoms with Gasteiger partial charge in [-0.25, -0.2) is 27.2 Å². The van der Waals surface area contributed by atoms with Crippen LogP contribution in [0.25, 0.3) is 22.2 Å². The van der Waals surface area contributed by atoms with Crippen LogP contribution in [0.5, 0.6) is 5.75 Å². The second-order valence-electron chi connectivity index (χ2n) is 12.2. The fraction of sp³-hybridized carbons (Fsp3) is 0.375. The molecule has 1 atom stereocenters. The summed E-state index contributed by atoms with van der Waals surface area (Å²) in [5.41, 5.74) is 4.65. The molecule has 3 aliphatic rings. The van der Waals surface area contributed by atoms with E-state index in [1.807, 2.05) is 0 Å². The van der Waals surface area contributed by atoms with Crippen molar-refractivity contribution in [1.29, 1.82) is 0 Å². The fourth-order valence-electron chi connectivity index (χ4n) is 5.99. The largest absolute Gasteiger partial charge is 0.494 e. The number of halogens is 5. The molecule has 45 heavy (non-hydrogen) atoms. The molecule has 4 aromatic rings. The van der Waals surface area contributed by atoms with Crippen molar-refractivity contribution in [3.63, 3.8) is 0 Å². The summed E-state index contributed by atoms with van der Waals surface area (Å²) in [5, 5.41) is 7.36. The molecule has 2 amide bonds. The Bertz CT molecular complexity index is 1900. The Hall–Kier alpha value is -4.19. The molecule has 13 heteroatoms. The van der Waals surface area contributed by atoms with E-state index < -0.39 is 57.1 Å². The number of rotatable bonds is 10. The minimum absolute atomic E-state index is 0.0136. The number of alkyl halides is 1. The second kappa shape index (κ2) is 10.4. The number of nitrogens with zero attached hydrogens (tertiary/aromatic N) is 3. The molecule has 0 saturated heterocycles. The first-order chi connectivity index (χ1) is 21.4. The van der Waals surface area contributed by atoms with E-state index in [1.165, 1.54) is 23.9 Å². The molecule has 3 N–H and O–H groups in total. The highest BCUT2D eigenvalue weighted by molar-refractivity contribution is 6.31. The molecule has 2 heterocycles. The van der Waals surface area contributed by atoms with E-state index in [0.717, 1.165) is 18.9 Å². The van der Waals surface area contributed by atoms with Gasteiger partial charge in [0.05, 0.1) is 17.5 Å². The Balaban J connectivity index is 1.24. The maximum absolute atomic E-state index is 16.1. The molecule has 7 rings (SSSR count). The fourth-order valence-corrected chi connectivity index (χ4v) is 6.15. The molecule has 0 bridgehead atoms. The minimum atomic E-state index is -1.53. The van der Waals surface area contributed by atoms with Crippen molar-refractivity contribution in [2.24, 2.45) is 11.7 Å². The SMILES string of the molecule is COc1cc(C(=O)NCC(c2cc(C3(C(N)=O)CC3)c(F)c(-c3cc(Cl)c(F)cc3F)n2)C2CC2)cc2cn(C3(F)CC3)nc12. The number of ether oxygens (including phenoxy) is 1. The van der Waals surface area contributed by atoms with Gasteiger partial charge in [0.25, 0.3) is 5.91 Å². The van der Waals surface area contributed by atoms with Crippen molar-refractivity contribution >= 4 is 34.3 Å². The number of aromatic nitrogens is 3. The number of hydrogen-bond acceptors (Lipinski definition) is 5. The Labute approximate surface area is 259 Å². The summed E-state index contributed by atoms with van der Waals surface area (Å²) in [6.07, 6.45) is 4.52. The minimum Gasteiger partial charge on any atom is -0.494 e. The number of pyridine rings is 1. The van der Waals surface area contributed by atoms with Crippen LogP contribution in [0.2, 0.25) is 5.02 Å². The van der Waals surface area contributed by atoms with Crippen molar-refractivity contribution in [2.75, 3.05) is 13.7 Å². The molecule has 0 radical (unpaired) electrons. The first-order valence-electron chi connectivity index (χ1n) is 14.6. The average Bonchev–Trinajstić information content (AvgIpc) is 3.92. The van der Waals surface area contributed by atoms with Crippen LogP contribution < -0.4 is 15.8 Å². The number of amides is 2. The van der Waals surface area contributed by atoms with E-state index >= 15 is 4.39 Å². The van der Waals surface area contributed by atoms with Crippen LogP contribution in [-0.2, 0) is 16.0 Å². The number of fused-ring (bicyclic) bond motifs is 1. The van der Waals surface area contributed by atoms with Crippen LogP contribution in [0.4, 0.5) is 17.6 Å². The monoisotopic (exact) mass is 641 g/mol. The lowest BCUT2D eigenvalue weighted by Gasteiger charge is -2.22. The standard InChI is InChI=1S/C32H28ClF4N5O3/c1-45-25-9-16(8-17-14-42(41-27(17)25)32(37)6-7-32)29(43)39-13-19(15-2-3-15)24-11-20(31(4-5-31)30(38)44)26(36)28(40-24)18-10-21(33)23(35)12-22(18)34/h8-12,14-15,19H,2-7,13H2,1H3,(H2,38,44)(H,39,43). The zero-order valence-corrected chi connectivity index (χ0v) is 24.9. The molecular weight excluding hydrogens is 614 g/mol. The third-order valence-electron chi connectivity index (χ3n) is 9.16. The van der Waals surface area contributed by atoms with Crippen molar-refractivity contribution in [1.82, 2.24) is 20.1 Å². The van der Waals surface area contributed by atoms with Crippen molar-refractivity contribution in [3.05, 3.63) is 75.8 Å². The van der Waals surface area contributed by atoms with Crippen LogP contribution >= 0.6 is 11.6 Å². The Morgan fingerprint density at radius 2 is 1.84 bits per heavy atom. The van der Waals surface area contributed by atoms with Gasteiger partial charge in [0, 0.05) is 65.3 Å². The van der Waals surface area contributed by atoms with Crippen molar-refractivity contribution in [2.45, 2.75) is 55.7 Å². The van der Waals surface area contributed by atoms with Gasteiger partial charge in [-0.05, 0) is 55.9 Å². The highest BCUT2D eigenvalue weighted by Crippen LogP contribution is 2.52. The van der Waals surface area contributed by atoms with Gasteiger partial charge in [-0.15, -0.1) is 0 Å². The van der Waals surface area contributed by atoms with Crippen molar-refractivity contribution < 1.29 is 31.9 Å². The zero-order chi connectivity index (χ0) is 31.8. The number of methoxy groups -OCH3 is 1. The topological polar surface area (TPSA) is 112 Å². The summed E-state index contributed by atoms with van der Waals surface area (Å²) in [7, 11) is 1.44. The molecule has 3 fully saturated rings. The first kappa shape index (κ1) is 29.5.